The number of hydrogen-bond donors (Lipinski definition) is 2. The topological polar surface area (TPSA) is 186 Å². The van der Waals surface area contributed by atoms with Gasteiger partial charge in [-0.25, -0.2) is 4.79 Å². The summed E-state index contributed by atoms with van der Waals surface area (Å²) in [5.41, 5.74) is 3.53. The van der Waals surface area contributed by atoms with Crippen LogP contribution in [0.5, 0.6) is 0 Å². The second kappa shape index (κ2) is 15.7. The summed E-state index contributed by atoms with van der Waals surface area (Å²) in [6.45, 7) is 4.50. The minimum atomic E-state index is -4.32. The zero-order valence-corrected chi connectivity index (χ0v) is 23.3. The van der Waals surface area contributed by atoms with Crippen molar-refractivity contribution in [3.63, 3.8) is 0 Å². The molecule has 0 saturated carbocycles. The number of ether oxygens (including phenoxy) is 3. The van der Waals surface area contributed by atoms with Gasteiger partial charge in [0.25, 0.3) is 14.1 Å². The molecule has 1 fully saturated rings. The minimum Gasteiger partial charge on any atom is -0.382 e. The number of nitriles is 1. The molecule has 17 heteroatoms. The first-order valence-electron chi connectivity index (χ1n) is 11.7. The third kappa shape index (κ3) is 8.59. The average molecular weight is 582 g/mol. The van der Waals surface area contributed by atoms with E-state index in [1.807, 2.05) is 6.07 Å². The van der Waals surface area contributed by atoms with E-state index < -0.39 is 57.5 Å². The van der Waals surface area contributed by atoms with E-state index in [-0.39, 0.29) is 45.0 Å². The van der Waals surface area contributed by atoms with Crippen LogP contribution in [-0.4, -0.2) is 68.0 Å². The van der Waals surface area contributed by atoms with Gasteiger partial charge in [-0.05, 0) is 26.8 Å². The van der Waals surface area contributed by atoms with Crippen LogP contribution in [0, 0.1) is 18.3 Å². The van der Waals surface area contributed by atoms with Crippen molar-refractivity contribution in [1.29, 1.82) is 5.26 Å². The number of halogens is 1. The van der Waals surface area contributed by atoms with E-state index in [2.05, 4.69) is 4.98 Å². The molecule has 0 bridgehead atoms. The Hall–Kier alpha value is -1.82. The highest BCUT2D eigenvalue weighted by Crippen LogP contribution is 2.57. The van der Waals surface area contributed by atoms with Gasteiger partial charge < -0.3 is 32.3 Å². The number of rotatable bonds is 16. The molecular weight excluding hydrogens is 549 g/mol. The Bertz CT molecular complexity index is 1130. The lowest BCUT2D eigenvalue weighted by Crippen LogP contribution is -2.41. The van der Waals surface area contributed by atoms with Crippen molar-refractivity contribution < 1.29 is 41.3 Å². The summed E-state index contributed by atoms with van der Waals surface area (Å²) in [5, 5.41) is 8.75. The van der Waals surface area contributed by atoms with Crippen LogP contribution in [0.25, 0.3) is 0 Å². The lowest BCUT2D eigenvalue weighted by atomic mass is 10.1. The molecule has 0 amide bonds. The number of aromatic amines is 1. The molecule has 2 heterocycles. The maximum Gasteiger partial charge on any atom is 0.389 e. The van der Waals surface area contributed by atoms with Crippen LogP contribution in [0.1, 0.15) is 32.1 Å². The van der Waals surface area contributed by atoms with Crippen molar-refractivity contribution in [2.75, 3.05) is 40.1 Å². The van der Waals surface area contributed by atoms with Gasteiger partial charge in [0.1, 0.15) is 18.3 Å². The van der Waals surface area contributed by atoms with Crippen molar-refractivity contribution in [2.45, 2.75) is 51.7 Å². The number of H-pyrrole nitrogens is 1. The fraction of sp³-hybridized carbons (Fsp3) is 0.667. The largest absolute Gasteiger partial charge is 0.389 e. The average Bonchev–Trinajstić information content (AvgIpc) is 3.18. The molecule has 0 aromatic carbocycles. The highest BCUT2D eigenvalue weighted by molar-refractivity contribution is 7.58. The maximum absolute atomic E-state index is 15.3. The SMILES string of the molecule is CCOP(=O)(OCC)/C(F)=C\[C@H]1O[C@@H](n2cc(C)c(=O)[nH]c2=O)[C@H](OCCOC)[C@@H]1OP(N)OCCC#N. The number of nitrogens with two attached hydrogens (primary N) is 1. The van der Waals surface area contributed by atoms with Gasteiger partial charge in [-0.2, -0.15) is 9.65 Å². The fourth-order valence-corrected chi connectivity index (χ4v) is 5.56. The molecule has 214 valence electrons. The molecule has 1 aromatic rings. The number of hydrogen-bond acceptors (Lipinski definition) is 12. The maximum atomic E-state index is 15.3. The van der Waals surface area contributed by atoms with Crippen molar-refractivity contribution in [3.05, 3.63) is 44.2 Å². The fourth-order valence-electron chi connectivity index (χ4n) is 3.42. The standard InChI is InChI=1S/C21H33FN4O10P2/c1-5-33-38(29,34-6-2)16(22)12-15-17(36-37(24)32-9-7-8-23)18(31-11-10-30-4)20(35-15)26-13-14(3)19(27)25-21(26)28/h12-13,15,17-18,20H,5-7,9-11,24H2,1-4H3,(H,25,27,28)/b16-12-/t15-,17-,18-,20-,37?/m1/s1. The number of nitrogens with zero attached hydrogens (tertiary/aromatic N) is 2. The molecule has 0 spiro atoms. The predicted molar refractivity (Wildman–Crippen MR) is 134 cm³/mol. The number of aromatic nitrogens is 2. The highest BCUT2D eigenvalue weighted by Gasteiger charge is 2.49. The number of nitrogens with one attached hydrogen (secondary N) is 1. The van der Waals surface area contributed by atoms with Gasteiger partial charge in [0.05, 0.1) is 45.5 Å². The lowest BCUT2D eigenvalue weighted by Gasteiger charge is -2.26. The second-order valence-corrected chi connectivity index (χ2v) is 10.7. The normalized spacial score (nSPS) is 22.9. The lowest BCUT2D eigenvalue weighted by molar-refractivity contribution is -0.0759. The van der Waals surface area contributed by atoms with E-state index in [9.17, 15) is 14.2 Å². The molecule has 1 aliphatic heterocycles. The van der Waals surface area contributed by atoms with Gasteiger partial charge >= 0.3 is 13.3 Å². The summed E-state index contributed by atoms with van der Waals surface area (Å²) in [4.78, 5) is 26.8. The van der Waals surface area contributed by atoms with Crippen LogP contribution in [0.3, 0.4) is 0 Å². The van der Waals surface area contributed by atoms with Gasteiger partial charge in [-0.15, -0.1) is 0 Å². The first kappa shape index (κ1) is 32.4. The summed E-state index contributed by atoms with van der Waals surface area (Å²) < 4.78 is 67.6. The third-order valence-corrected chi connectivity index (χ3v) is 7.82. The Morgan fingerprint density at radius 2 is 1.97 bits per heavy atom. The van der Waals surface area contributed by atoms with E-state index in [1.54, 1.807) is 0 Å². The van der Waals surface area contributed by atoms with Crippen LogP contribution in [-0.2, 0) is 36.9 Å². The predicted octanol–water partition coefficient (Wildman–Crippen LogP) is 2.35. The van der Waals surface area contributed by atoms with E-state index in [0.717, 1.165) is 10.6 Å². The Balaban J connectivity index is 2.55. The molecule has 0 aliphatic carbocycles. The Labute approximate surface area is 220 Å². The van der Waals surface area contributed by atoms with Gasteiger partial charge in [-0.3, -0.25) is 24.4 Å². The van der Waals surface area contributed by atoms with Gasteiger partial charge in [0.2, 0.25) is 5.57 Å². The van der Waals surface area contributed by atoms with Crippen molar-refractivity contribution >= 4 is 16.1 Å². The van der Waals surface area contributed by atoms with Crippen LogP contribution < -0.4 is 16.8 Å². The Kier molecular flexibility index (Phi) is 13.4. The molecular formula is C21H33FN4O10P2. The highest BCUT2D eigenvalue weighted by atomic mass is 31.2. The summed E-state index contributed by atoms with van der Waals surface area (Å²) in [6.07, 6.45) is -2.70. The number of aryl methyl sites for hydroxylation is 1. The molecule has 0 radical (unpaired) electrons. The van der Waals surface area contributed by atoms with Crippen LogP contribution in [0.2, 0.25) is 0 Å². The quantitative estimate of drug-likeness (QED) is 0.214. The zero-order valence-electron chi connectivity index (χ0n) is 21.5. The van der Waals surface area contributed by atoms with Gasteiger partial charge in [0.15, 0.2) is 6.23 Å². The molecule has 14 nitrogen and oxygen atoms in total. The van der Waals surface area contributed by atoms with Crippen LogP contribution in [0.4, 0.5) is 4.39 Å². The summed E-state index contributed by atoms with van der Waals surface area (Å²) in [5.74, 6) is 0. The van der Waals surface area contributed by atoms with Crippen LogP contribution in [0.15, 0.2) is 27.4 Å². The summed E-state index contributed by atoms with van der Waals surface area (Å²) in [6, 6.07) is 1.91. The van der Waals surface area contributed by atoms with E-state index in [0.29, 0.717) is 0 Å². The molecule has 1 aliphatic rings. The third-order valence-electron chi connectivity index (χ3n) is 5.06. The van der Waals surface area contributed by atoms with Gasteiger partial charge in [0, 0.05) is 18.9 Å². The Morgan fingerprint density at radius 1 is 1.29 bits per heavy atom. The second-order valence-electron chi connectivity index (χ2n) is 7.72. The molecule has 5 atom stereocenters. The van der Waals surface area contributed by atoms with Gasteiger partial charge in [-0.1, -0.05) is 0 Å². The monoisotopic (exact) mass is 582 g/mol. The van der Waals surface area contributed by atoms with Crippen molar-refractivity contribution in [1.82, 2.24) is 9.55 Å². The van der Waals surface area contributed by atoms with Crippen LogP contribution >= 0.6 is 16.1 Å². The molecule has 38 heavy (non-hydrogen) atoms. The Morgan fingerprint density at radius 3 is 2.58 bits per heavy atom. The smallest absolute Gasteiger partial charge is 0.382 e. The first-order valence-corrected chi connectivity index (χ1v) is 14.5. The van der Waals surface area contributed by atoms with E-state index in [1.165, 1.54) is 34.1 Å². The minimum absolute atomic E-state index is 0.0189. The van der Waals surface area contributed by atoms with E-state index >= 15 is 4.39 Å². The number of methoxy groups -OCH3 is 1. The molecule has 3 N–H and O–H groups in total. The van der Waals surface area contributed by atoms with Crippen molar-refractivity contribution in [2.24, 2.45) is 5.50 Å². The summed E-state index contributed by atoms with van der Waals surface area (Å²) in [7, 11) is -4.98. The zero-order chi connectivity index (χ0) is 28.3. The molecule has 2 rings (SSSR count). The molecule has 1 aromatic heterocycles. The molecule has 1 saturated heterocycles. The van der Waals surface area contributed by atoms with Crippen molar-refractivity contribution in [3.8, 4) is 6.07 Å². The first-order chi connectivity index (χ1) is 18.1. The summed E-state index contributed by atoms with van der Waals surface area (Å²) >= 11 is 0. The van der Waals surface area contributed by atoms with E-state index in [4.69, 9.17) is 43.1 Å². The molecule has 1 unspecified atom stereocenters.